The third-order valence-corrected chi connectivity index (χ3v) is 6.32. The Bertz CT molecular complexity index is 686. The van der Waals surface area contributed by atoms with Gasteiger partial charge < -0.3 is 0 Å². The molecule has 31 heavy (non-hydrogen) atoms. The van der Waals surface area contributed by atoms with Crippen molar-refractivity contribution in [2.75, 3.05) is 0 Å². The smallest absolute Gasteiger partial charge is 0.162 e. The van der Waals surface area contributed by atoms with E-state index in [0.29, 0.717) is 6.42 Å². The number of carbonyl (C=O) groups is 1. The average molecular weight is 421 g/mol. The van der Waals surface area contributed by atoms with Crippen LogP contribution in [-0.2, 0) is 0 Å². The summed E-state index contributed by atoms with van der Waals surface area (Å²) in [6.45, 7) is 2.28. The Balaban J connectivity index is 1.43. The van der Waals surface area contributed by atoms with Crippen molar-refractivity contribution in [3.63, 3.8) is 0 Å². The molecular weight excluding hydrogens is 376 g/mol. The predicted molar refractivity (Wildman–Crippen MR) is 136 cm³/mol. The summed E-state index contributed by atoms with van der Waals surface area (Å²) in [6, 6.07) is 18.4. The number of rotatable bonds is 18. The Hall–Kier alpha value is -1.89. The first-order valence-corrected chi connectivity index (χ1v) is 13.0. The van der Waals surface area contributed by atoms with Gasteiger partial charge in [0.05, 0.1) is 0 Å². The van der Waals surface area contributed by atoms with Crippen molar-refractivity contribution < 1.29 is 4.79 Å². The van der Waals surface area contributed by atoms with Gasteiger partial charge in [-0.25, -0.2) is 0 Å². The Morgan fingerprint density at radius 1 is 0.516 bits per heavy atom. The van der Waals surface area contributed by atoms with Gasteiger partial charge in [-0.2, -0.15) is 0 Å². The standard InChI is InChI=1S/C30H44O/c1-2-3-4-5-6-7-8-9-10-11-12-13-14-15-19-22-30(31)29-25-23-28(24-26-29)27-20-17-16-18-21-27/h16-18,20-21,23-26H,2-15,19,22H2,1H3. The molecule has 0 aliphatic carbocycles. The third kappa shape index (κ3) is 11.3. The van der Waals surface area contributed by atoms with E-state index in [1.807, 2.05) is 30.3 Å². The molecule has 0 spiro atoms. The third-order valence-electron chi connectivity index (χ3n) is 6.32. The summed E-state index contributed by atoms with van der Waals surface area (Å²) >= 11 is 0. The second-order valence-corrected chi connectivity index (χ2v) is 9.07. The van der Waals surface area contributed by atoms with Crippen LogP contribution < -0.4 is 0 Å². The highest BCUT2D eigenvalue weighted by Gasteiger charge is 2.06. The molecule has 1 heteroatoms. The van der Waals surface area contributed by atoms with Crippen molar-refractivity contribution in [1.82, 2.24) is 0 Å². The maximum absolute atomic E-state index is 12.4. The normalized spacial score (nSPS) is 11.0. The van der Waals surface area contributed by atoms with E-state index < -0.39 is 0 Å². The molecule has 0 aliphatic rings. The van der Waals surface area contributed by atoms with Crippen molar-refractivity contribution in [1.29, 1.82) is 0 Å². The molecule has 0 saturated heterocycles. The van der Waals surface area contributed by atoms with Gasteiger partial charge in [-0.15, -0.1) is 0 Å². The SMILES string of the molecule is CCCCCCCCCCCCCCCCCC(=O)c1ccc(-c2ccccc2)cc1. The number of carbonyl (C=O) groups excluding carboxylic acids is 1. The van der Waals surface area contributed by atoms with Gasteiger partial charge in [0.15, 0.2) is 5.78 Å². The zero-order valence-corrected chi connectivity index (χ0v) is 19.9. The van der Waals surface area contributed by atoms with E-state index in [1.165, 1.54) is 101 Å². The Kier molecular flexibility index (Phi) is 13.7. The number of ketones is 1. The van der Waals surface area contributed by atoms with E-state index in [2.05, 4.69) is 31.2 Å². The lowest BCUT2D eigenvalue weighted by Crippen LogP contribution is -1.98. The van der Waals surface area contributed by atoms with Gasteiger partial charge >= 0.3 is 0 Å². The summed E-state index contributed by atoms with van der Waals surface area (Å²) < 4.78 is 0. The van der Waals surface area contributed by atoms with Crippen LogP contribution in [0.2, 0.25) is 0 Å². The summed E-state index contributed by atoms with van der Waals surface area (Å²) in [4.78, 5) is 12.4. The molecule has 0 saturated carbocycles. The van der Waals surface area contributed by atoms with E-state index in [0.717, 1.165) is 12.0 Å². The first kappa shape index (κ1) is 25.4. The minimum atomic E-state index is 0.286. The zero-order chi connectivity index (χ0) is 22.0. The summed E-state index contributed by atoms with van der Waals surface area (Å²) in [6.07, 6.45) is 21.0. The highest BCUT2D eigenvalue weighted by molar-refractivity contribution is 5.96. The van der Waals surface area contributed by atoms with E-state index in [4.69, 9.17) is 0 Å². The fourth-order valence-electron chi connectivity index (χ4n) is 4.28. The van der Waals surface area contributed by atoms with Crippen LogP contribution in [0.25, 0.3) is 11.1 Å². The molecule has 0 bridgehead atoms. The number of hydrogen-bond acceptors (Lipinski definition) is 1. The largest absolute Gasteiger partial charge is 0.294 e. The summed E-state index contributed by atoms with van der Waals surface area (Å²) in [5.74, 6) is 0.286. The second-order valence-electron chi connectivity index (χ2n) is 9.07. The van der Waals surface area contributed by atoms with Crippen LogP contribution in [0.1, 0.15) is 120 Å². The minimum absolute atomic E-state index is 0.286. The molecule has 0 fully saturated rings. The monoisotopic (exact) mass is 420 g/mol. The molecule has 2 aromatic rings. The maximum Gasteiger partial charge on any atom is 0.162 e. The Morgan fingerprint density at radius 3 is 1.42 bits per heavy atom. The first-order chi connectivity index (χ1) is 15.3. The van der Waals surface area contributed by atoms with E-state index in [9.17, 15) is 4.79 Å². The Labute approximate surface area is 191 Å². The molecule has 2 aromatic carbocycles. The van der Waals surface area contributed by atoms with Gasteiger partial charge in [-0.05, 0) is 17.5 Å². The molecular formula is C30H44O. The van der Waals surface area contributed by atoms with Gasteiger partial charge in [0.25, 0.3) is 0 Å². The van der Waals surface area contributed by atoms with Gasteiger partial charge in [-0.3, -0.25) is 4.79 Å². The molecule has 0 unspecified atom stereocenters. The van der Waals surface area contributed by atoms with Gasteiger partial charge in [0.2, 0.25) is 0 Å². The molecule has 0 aliphatic heterocycles. The van der Waals surface area contributed by atoms with Crippen LogP contribution in [0.3, 0.4) is 0 Å². The number of benzene rings is 2. The van der Waals surface area contributed by atoms with Crippen molar-refractivity contribution in [3.8, 4) is 11.1 Å². The fourth-order valence-corrected chi connectivity index (χ4v) is 4.28. The number of unbranched alkanes of at least 4 members (excludes halogenated alkanes) is 14. The summed E-state index contributed by atoms with van der Waals surface area (Å²) in [5.41, 5.74) is 3.22. The molecule has 0 amide bonds. The molecule has 0 radical (unpaired) electrons. The summed E-state index contributed by atoms with van der Waals surface area (Å²) in [7, 11) is 0. The molecule has 170 valence electrons. The summed E-state index contributed by atoms with van der Waals surface area (Å²) in [5, 5.41) is 0. The maximum atomic E-state index is 12.4. The lowest BCUT2D eigenvalue weighted by molar-refractivity contribution is 0.0979. The van der Waals surface area contributed by atoms with E-state index in [1.54, 1.807) is 0 Å². The topological polar surface area (TPSA) is 17.1 Å². The lowest BCUT2D eigenvalue weighted by Gasteiger charge is -2.05. The van der Waals surface area contributed by atoms with Crippen LogP contribution in [0, 0.1) is 0 Å². The molecule has 1 nitrogen and oxygen atoms in total. The van der Waals surface area contributed by atoms with Gasteiger partial charge in [0, 0.05) is 12.0 Å². The van der Waals surface area contributed by atoms with Crippen LogP contribution in [0.4, 0.5) is 0 Å². The molecule has 0 aromatic heterocycles. The first-order valence-electron chi connectivity index (χ1n) is 13.0. The highest BCUT2D eigenvalue weighted by Crippen LogP contribution is 2.20. The molecule has 0 heterocycles. The zero-order valence-electron chi connectivity index (χ0n) is 19.9. The quantitative estimate of drug-likeness (QED) is 0.173. The van der Waals surface area contributed by atoms with Crippen molar-refractivity contribution in [3.05, 3.63) is 60.2 Å². The second kappa shape index (κ2) is 16.8. The predicted octanol–water partition coefficient (Wildman–Crippen LogP) is 9.80. The van der Waals surface area contributed by atoms with Crippen LogP contribution in [-0.4, -0.2) is 5.78 Å². The van der Waals surface area contributed by atoms with Crippen molar-refractivity contribution in [2.45, 2.75) is 110 Å². The Morgan fingerprint density at radius 2 is 0.935 bits per heavy atom. The number of Topliss-reactive ketones (excluding diaryl/α,β-unsaturated/α-hetero) is 1. The molecule has 2 rings (SSSR count). The van der Waals surface area contributed by atoms with Crippen LogP contribution >= 0.6 is 0 Å². The van der Waals surface area contributed by atoms with Crippen molar-refractivity contribution >= 4 is 5.78 Å². The fraction of sp³-hybridized carbons (Fsp3) is 0.567. The van der Waals surface area contributed by atoms with Crippen molar-refractivity contribution in [2.24, 2.45) is 0 Å². The molecule has 0 atom stereocenters. The average Bonchev–Trinajstić information content (AvgIpc) is 2.82. The van der Waals surface area contributed by atoms with Gasteiger partial charge in [-0.1, -0.05) is 151 Å². The number of hydrogen-bond donors (Lipinski definition) is 0. The van der Waals surface area contributed by atoms with E-state index in [-0.39, 0.29) is 5.78 Å². The molecule has 0 N–H and O–H groups in total. The minimum Gasteiger partial charge on any atom is -0.294 e. The van der Waals surface area contributed by atoms with Crippen LogP contribution in [0.15, 0.2) is 54.6 Å². The highest BCUT2D eigenvalue weighted by atomic mass is 16.1. The van der Waals surface area contributed by atoms with Crippen LogP contribution in [0.5, 0.6) is 0 Å². The van der Waals surface area contributed by atoms with Gasteiger partial charge in [0.1, 0.15) is 0 Å². The van der Waals surface area contributed by atoms with E-state index >= 15 is 0 Å². The lowest BCUT2D eigenvalue weighted by atomic mass is 9.99.